The Kier molecular flexibility index (Phi) is 6.57. The van der Waals surface area contributed by atoms with Crippen LogP contribution in [-0.4, -0.2) is 63.3 Å². The number of morpholine rings is 1. The lowest BCUT2D eigenvalue weighted by Crippen LogP contribution is -2.41. The number of hydrogen-bond acceptors (Lipinski definition) is 5. The largest absolute Gasteiger partial charge is 0.416 e. The summed E-state index contributed by atoms with van der Waals surface area (Å²) in [5.41, 5.74) is 3.01. The van der Waals surface area contributed by atoms with Gasteiger partial charge in [-0.1, -0.05) is 24.3 Å². The topological polar surface area (TPSA) is 63.5 Å². The second kappa shape index (κ2) is 9.79. The molecule has 0 bridgehead atoms. The van der Waals surface area contributed by atoms with E-state index in [0.717, 1.165) is 23.0 Å². The summed E-state index contributed by atoms with van der Waals surface area (Å²) in [4.78, 5) is 21.6. The fourth-order valence-corrected chi connectivity index (χ4v) is 4.65. The average molecular weight is 486 g/mol. The molecule has 0 aliphatic carbocycles. The molecule has 3 aromatic rings. The van der Waals surface area contributed by atoms with E-state index in [9.17, 15) is 18.0 Å². The van der Waals surface area contributed by atoms with Crippen LogP contribution in [0.3, 0.4) is 0 Å². The highest BCUT2D eigenvalue weighted by Gasteiger charge is 2.32. The SMILES string of the molecule is O=C(c1nn(Cc2ccccn2)c2c1CN(Cc1cccc(C(F)(F)F)c1)CC2)N1CCOCC1. The smallest absolute Gasteiger partial charge is 0.378 e. The molecule has 0 N–H and O–H groups in total. The summed E-state index contributed by atoms with van der Waals surface area (Å²) in [5.74, 6) is -0.134. The van der Waals surface area contributed by atoms with Gasteiger partial charge < -0.3 is 9.64 Å². The van der Waals surface area contributed by atoms with Crippen molar-refractivity contribution >= 4 is 5.91 Å². The Bertz CT molecular complexity index is 1190. The third-order valence-corrected chi connectivity index (χ3v) is 6.41. The van der Waals surface area contributed by atoms with Crippen molar-refractivity contribution in [2.75, 3.05) is 32.8 Å². The molecular formula is C25H26F3N5O2. The zero-order valence-electron chi connectivity index (χ0n) is 19.2. The summed E-state index contributed by atoms with van der Waals surface area (Å²) in [6, 6.07) is 11.1. The van der Waals surface area contributed by atoms with Gasteiger partial charge in [0.1, 0.15) is 0 Å². The molecule has 10 heteroatoms. The van der Waals surface area contributed by atoms with Gasteiger partial charge in [0.05, 0.1) is 31.0 Å². The highest BCUT2D eigenvalue weighted by Crippen LogP contribution is 2.31. The predicted molar refractivity (Wildman–Crippen MR) is 122 cm³/mol. The van der Waals surface area contributed by atoms with Crippen molar-refractivity contribution in [2.24, 2.45) is 0 Å². The standard InChI is InChI=1S/C25H26F3N5O2/c26-25(27,28)19-5-3-4-18(14-19)15-31-9-7-22-21(17-31)23(24(34)32-10-12-35-13-11-32)30-33(22)16-20-6-1-2-8-29-20/h1-6,8,14H,7,9-13,15-17H2. The lowest BCUT2D eigenvalue weighted by Gasteiger charge is -2.29. The van der Waals surface area contributed by atoms with Crippen LogP contribution in [0.4, 0.5) is 13.2 Å². The maximum atomic E-state index is 13.4. The van der Waals surface area contributed by atoms with Crippen molar-refractivity contribution in [3.05, 3.63) is 82.4 Å². The molecule has 0 unspecified atom stereocenters. The van der Waals surface area contributed by atoms with E-state index in [1.54, 1.807) is 17.2 Å². The van der Waals surface area contributed by atoms with Crippen LogP contribution in [0.1, 0.15) is 38.6 Å². The Hall–Kier alpha value is -3.24. The molecular weight excluding hydrogens is 459 g/mol. The number of nitrogens with zero attached hydrogens (tertiary/aromatic N) is 5. The first-order chi connectivity index (χ1) is 16.9. The summed E-state index contributed by atoms with van der Waals surface area (Å²) in [7, 11) is 0. The van der Waals surface area contributed by atoms with Gasteiger partial charge in [-0.05, 0) is 23.8 Å². The van der Waals surface area contributed by atoms with Crippen molar-refractivity contribution in [1.82, 2.24) is 24.6 Å². The molecule has 0 radical (unpaired) electrons. The van der Waals surface area contributed by atoms with Crippen LogP contribution in [0.2, 0.25) is 0 Å². The fourth-order valence-electron chi connectivity index (χ4n) is 4.65. The number of ether oxygens (including phenoxy) is 1. The quantitative estimate of drug-likeness (QED) is 0.555. The monoisotopic (exact) mass is 485 g/mol. The van der Waals surface area contributed by atoms with Gasteiger partial charge in [-0.25, -0.2) is 0 Å². The number of rotatable bonds is 5. The Morgan fingerprint density at radius 3 is 2.60 bits per heavy atom. The van der Waals surface area contributed by atoms with Gasteiger partial charge in [0.25, 0.3) is 5.91 Å². The summed E-state index contributed by atoms with van der Waals surface area (Å²) < 4.78 is 46.7. The van der Waals surface area contributed by atoms with Crippen LogP contribution in [0.25, 0.3) is 0 Å². The minimum Gasteiger partial charge on any atom is -0.378 e. The molecule has 7 nitrogen and oxygen atoms in total. The van der Waals surface area contributed by atoms with E-state index in [2.05, 4.69) is 9.88 Å². The lowest BCUT2D eigenvalue weighted by atomic mass is 10.0. The number of halogens is 3. The summed E-state index contributed by atoms with van der Waals surface area (Å²) in [5, 5.41) is 4.72. The lowest BCUT2D eigenvalue weighted by molar-refractivity contribution is -0.137. The van der Waals surface area contributed by atoms with Gasteiger partial charge in [0, 0.05) is 56.6 Å². The van der Waals surface area contributed by atoms with E-state index in [-0.39, 0.29) is 5.91 Å². The number of hydrogen-bond donors (Lipinski definition) is 0. The molecule has 5 rings (SSSR count). The van der Waals surface area contributed by atoms with Gasteiger partial charge in [0.2, 0.25) is 0 Å². The van der Waals surface area contributed by atoms with E-state index in [1.807, 2.05) is 22.9 Å². The van der Waals surface area contributed by atoms with Crippen LogP contribution >= 0.6 is 0 Å². The highest BCUT2D eigenvalue weighted by molar-refractivity contribution is 5.94. The van der Waals surface area contributed by atoms with Crippen molar-refractivity contribution < 1.29 is 22.7 Å². The Morgan fingerprint density at radius 1 is 1.03 bits per heavy atom. The molecule has 1 aromatic carbocycles. The van der Waals surface area contributed by atoms with Gasteiger partial charge in [-0.3, -0.25) is 19.4 Å². The number of carbonyl (C=O) groups excluding carboxylic acids is 1. The Labute approximate surface area is 201 Å². The Morgan fingerprint density at radius 2 is 1.86 bits per heavy atom. The summed E-state index contributed by atoms with van der Waals surface area (Å²) in [6.07, 6.45) is -2.01. The van der Waals surface area contributed by atoms with Crippen molar-refractivity contribution in [1.29, 1.82) is 0 Å². The zero-order valence-corrected chi connectivity index (χ0v) is 19.2. The van der Waals surface area contributed by atoms with Crippen molar-refractivity contribution in [3.63, 3.8) is 0 Å². The molecule has 1 fully saturated rings. The van der Waals surface area contributed by atoms with E-state index >= 15 is 0 Å². The van der Waals surface area contributed by atoms with Crippen LogP contribution in [0, 0.1) is 0 Å². The summed E-state index contributed by atoms with van der Waals surface area (Å²) >= 11 is 0. The molecule has 1 amide bonds. The Balaban J connectivity index is 1.42. The highest BCUT2D eigenvalue weighted by atomic mass is 19.4. The van der Waals surface area contributed by atoms with Gasteiger partial charge in [0.15, 0.2) is 5.69 Å². The predicted octanol–water partition coefficient (Wildman–Crippen LogP) is 3.38. The number of amides is 1. The van der Waals surface area contributed by atoms with Crippen LogP contribution in [0.5, 0.6) is 0 Å². The van der Waals surface area contributed by atoms with E-state index in [4.69, 9.17) is 9.84 Å². The maximum Gasteiger partial charge on any atom is 0.416 e. The van der Waals surface area contributed by atoms with Crippen molar-refractivity contribution in [2.45, 2.75) is 32.2 Å². The number of pyridine rings is 1. The fraction of sp³-hybridized carbons (Fsp3) is 0.400. The normalized spacial score (nSPS) is 16.8. The van der Waals surface area contributed by atoms with Crippen LogP contribution < -0.4 is 0 Å². The van der Waals surface area contributed by atoms with E-state index in [0.29, 0.717) is 70.2 Å². The molecule has 4 heterocycles. The van der Waals surface area contributed by atoms with Gasteiger partial charge >= 0.3 is 6.18 Å². The van der Waals surface area contributed by atoms with E-state index in [1.165, 1.54) is 12.1 Å². The first kappa shape index (κ1) is 23.5. The molecule has 2 aliphatic rings. The van der Waals surface area contributed by atoms with E-state index < -0.39 is 11.7 Å². The molecule has 0 spiro atoms. The third kappa shape index (κ3) is 5.23. The number of aromatic nitrogens is 3. The maximum absolute atomic E-state index is 13.4. The number of fused-ring (bicyclic) bond motifs is 1. The second-order valence-electron chi connectivity index (χ2n) is 8.82. The minimum atomic E-state index is -4.38. The minimum absolute atomic E-state index is 0.134. The average Bonchev–Trinajstić information content (AvgIpc) is 3.22. The molecule has 2 aromatic heterocycles. The van der Waals surface area contributed by atoms with Gasteiger partial charge in [-0.15, -0.1) is 0 Å². The number of benzene rings is 1. The molecule has 0 atom stereocenters. The zero-order chi connectivity index (χ0) is 24.4. The molecule has 184 valence electrons. The van der Waals surface area contributed by atoms with Crippen LogP contribution in [0.15, 0.2) is 48.7 Å². The molecule has 35 heavy (non-hydrogen) atoms. The molecule has 2 aliphatic heterocycles. The third-order valence-electron chi connectivity index (χ3n) is 6.41. The van der Waals surface area contributed by atoms with Crippen molar-refractivity contribution in [3.8, 4) is 0 Å². The second-order valence-corrected chi connectivity index (χ2v) is 8.82. The first-order valence-electron chi connectivity index (χ1n) is 11.6. The van der Waals surface area contributed by atoms with Crippen LogP contribution in [-0.2, 0) is 37.0 Å². The molecule has 0 saturated carbocycles. The molecule has 1 saturated heterocycles. The number of carbonyl (C=O) groups is 1. The number of alkyl halides is 3. The summed E-state index contributed by atoms with van der Waals surface area (Å²) in [6.45, 7) is 3.91. The first-order valence-corrected chi connectivity index (χ1v) is 11.6. The van der Waals surface area contributed by atoms with Gasteiger partial charge in [-0.2, -0.15) is 18.3 Å².